The van der Waals surface area contributed by atoms with Gasteiger partial charge in [0.25, 0.3) is 0 Å². The number of anilines is 3. The van der Waals surface area contributed by atoms with Crippen LogP contribution >= 0.6 is 0 Å². The molecule has 1 saturated heterocycles. The Bertz CT molecular complexity index is 636. The van der Waals surface area contributed by atoms with Gasteiger partial charge in [0.1, 0.15) is 23.8 Å². The molecule has 1 aliphatic rings. The summed E-state index contributed by atoms with van der Waals surface area (Å²) in [4.78, 5) is 13.2. The van der Waals surface area contributed by atoms with Gasteiger partial charge in [0.05, 0.1) is 0 Å². The molecule has 5 nitrogen and oxygen atoms in total. The Morgan fingerprint density at radius 3 is 2.30 bits per heavy atom. The van der Waals surface area contributed by atoms with Crippen LogP contribution in [0.3, 0.4) is 0 Å². The van der Waals surface area contributed by atoms with Crippen molar-refractivity contribution in [2.75, 3.05) is 41.3 Å². The quantitative estimate of drug-likeness (QED) is 0.940. The van der Waals surface area contributed by atoms with Crippen molar-refractivity contribution in [3.05, 3.63) is 42.5 Å². The summed E-state index contributed by atoms with van der Waals surface area (Å²) in [6.45, 7) is 7.72. The van der Waals surface area contributed by atoms with Crippen LogP contribution in [0.25, 0.3) is 0 Å². The van der Waals surface area contributed by atoms with Crippen molar-refractivity contribution in [1.82, 2.24) is 9.97 Å². The molecule has 0 spiro atoms. The summed E-state index contributed by atoms with van der Waals surface area (Å²) in [6, 6.07) is 9.02. The molecule has 0 amide bonds. The van der Waals surface area contributed by atoms with Crippen LogP contribution < -0.4 is 15.1 Å². The molecule has 0 unspecified atom stereocenters. The second-order valence-corrected chi connectivity index (χ2v) is 6.01. The van der Waals surface area contributed by atoms with E-state index < -0.39 is 0 Å². The van der Waals surface area contributed by atoms with E-state index in [1.165, 1.54) is 12.1 Å². The molecule has 0 radical (unpaired) electrons. The zero-order chi connectivity index (χ0) is 16.2. The second kappa shape index (κ2) is 6.81. The Morgan fingerprint density at radius 1 is 1.00 bits per heavy atom. The molecule has 1 N–H and O–H groups in total. The zero-order valence-corrected chi connectivity index (χ0v) is 13.5. The smallest absolute Gasteiger partial charge is 0.134 e. The highest BCUT2D eigenvalue weighted by molar-refractivity contribution is 5.52. The lowest BCUT2D eigenvalue weighted by Gasteiger charge is -2.36. The van der Waals surface area contributed by atoms with Gasteiger partial charge in [0.2, 0.25) is 0 Å². The summed E-state index contributed by atoms with van der Waals surface area (Å²) >= 11 is 0. The number of rotatable bonds is 4. The topological polar surface area (TPSA) is 44.3 Å². The minimum atomic E-state index is -0.196. The molecule has 23 heavy (non-hydrogen) atoms. The Labute approximate surface area is 136 Å². The first-order valence-electron chi connectivity index (χ1n) is 7.96. The highest BCUT2D eigenvalue weighted by atomic mass is 19.1. The van der Waals surface area contributed by atoms with Crippen LogP contribution in [-0.4, -0.2) is 42.2 Å². The summed E-state index contributed by atoms with van der Waals surface area (Å²) in [5.74, 6) is 1.60. The predicted octanol–water partition coefficient (Wildman–Crippen LogP) is 2.76. The van der Waals surface area contributed by atoms with Crippen LogP contribution in [0.1, 0.15) is 13.8 Å². The predicted molar refractivity (Wildman–Crippen MR) is 91.6 cm³/mol. The number of nitrogens with one attached hydrogen (secondary N) is 1. The molecule has 0 bridgehead atoms. The van der Waals surface area contributed by atoms with Crippen LogP contribution in [0.5, 0.6) is 0 Å². The Morgan fingerprint density at radius 2 is 1.65 bits per heavy atom. The zero-order valence-electron chi connectivity index (χ0n) is 13.5. The van der Waals surface area contributed by atoms with Crippen LogP contribution in [0.4, 0.5) is 21.7 Å². The summed E-state index contributed by atoms with van der Waals surface area (Å²) in [6.07, 6.45) is 1.60. The van der Waals surface area contributed by atoms with E-state index in [0.29, 0.717) is 6.04 Å². The van der Waals surface area contributed by atoms with Gasteiger partial charge in [-0.3, -0.25) is 0 Å². The van der Waals surface area contributed by atoms with Crippen molar-refractivity contribution in [3.8, 4) is 0 Å². The number of hydrogen-bond donors (Lipinski definition) is 1. The van der Waals surface area contributed by atoms with Gasteiger partial charge in [-0.1, -0.05) is 0 Å². The van der Waals surface area contributed by atoms with Crippen molar-refractivity contribution in [2.45, 2.75) is 19.9 Å². The summed E-state index contributed by atoms with van der Waals surface area (Å²) in [5.41, 5.74) is 1.07. The van der Waals surface area contributed by atoms with Gasteiger partial charge in [-0.15, -0.1) is 0 Å². The van der Waals surface area contributed by atoms with Gasteiger partial charge in [-0.25, -0.2) is 14.4 Å². The number of aromatic nitrogens is 2. The minimum Gasteiger partial charge on any atom is -0.368 e. The molecular formula is C17H22FN5. The Kier molecular flexibility index (Phi) is 4.60. The van der Waals surface area contributed by atoms with Crippen LogP contribution in [0.15, 0.2) is 36.7 Å². The molecule has 3 rings (SSSR count). The van der Waals surface area contributed by atoms with Crippen molar-refractivity contribution in [2.24, 2.45) is 0 Å². The molecule has 2 heterocycles. The third-order valence-electron chi connectivity index (χ3n) is 3.88. The number of nitrogens with zero attached hydrogens (tertiary/aromatic N) is 4. The molecule has 6 heteroatoms. The summed E-state index contributed by atoms with van der Waals surface area (Å²) in [5, 5.41) is 3.30. The van der Waals surface area contributed by atoms with Crippen molar-refractivity contribution < 1.29 is 4.39 Å². The Balaban J connectivity index is 1.63. The molecular weight excluding hydrogens is 293 g/mol. The maximum atomic E-state index is 13.0. The van der Waals surface area contributed by atoms with E-state index in [0.717, 1.165) is 43.5 Å². The van der Waals surface area contributed by atoms with Gasteiger partial charge in [0, 0.05) is 44.0 Å². The molecule has 0 atom stereocenters. The van der Waals surface area contributed by atoms with E-state index >= 15 is 0 Å². The first-order valence-corrected chi connectivity index (χ1v) is 7.96. The van der Waals surface area contributed by atoms with Gasteiger partial charge in [-0.2, -0.15) is 0 Å². The minimum absolute atomic E-state index is 0.196. The molecule has 1 fully saturated rings. The fraction of sp³-hybridized carbons (Fsp3) is 0.412. The number of benzene rings is 1. The SMILES string of the molecule is CC(C)Nc1cc(N2CCN(c3ccc(F)cc3)CC2)ncn1. The van der Waals surface area contributed by atoms with E-state index in [9.17, 15) is 4.39 Å². The molecule has 1 aromatic carbocycles. The lowest BCUT2D eigenvalue weighted by atomic mass is 10.2. The van der Waals surface area contributed by atoms with Crippen molar-refractivity contribution >= 4 is 17.3 Å². The summed E-state index contributed by atoms with van der Waals surface area (Å²) < 4.78 is 13.0. The molecule has 0 saturated carbocycles. The fourth-order valence-electron chi connectivity index (χ4n) is 2.74. The highest BCUT2D eigenvalue weighted by Gasteiger charge is 2.18. The molecule has 2 aromatic rings. The molecule has 122 valence electrons. The molecule has 1 aromatic heterocycles. The standard InChI is InChI=1S/C17H22FN5/c1-13(2)21-16-11-17(20-12-19-16)23-9-7-22(8-10-23)15-5-3-14(18)4-6-15/h3-6,11-13H,7-10H2,1-2H3,(H,19,20,21). The second-order valence-electron chi connectivity index (χ2n) is 6.01. The third-order valence-corrected chi connectivity index (χ3v) is 3.88. The van der Waals surface area contributed by atoms with Crippen LogP contribution in [0.2, 0.25) is 0 Å². The number of hydrogen-bond acceptors (Lipinski definition) is 5. The lowest BCUT2D eigenvalue weighted by molar-refractivity contribution is 0.624. The maximum absolute atomic E-state index is 13.0. The van der Waals surface area contributed by atoms with Crippen molar-refractivity contribution in [3.63, 3.8) is 0 Å². The molecule has 0 aliphatic carbocycles. The first kappa shape index (κ1) is 15.5. The lowest BCUT2D eigenvalue weighted by Crippen LogP contribution is -2.46. The third kappa shape index (κ3) is 3.88. The summed E-state index contributed by atoms with van der Waals surface area (Å²) in [7, 11) is 0. The van der Waals surface area contributed by atoms with E-state index in [4.69, 9.17) is 0 Å². The number of halogens is 1. The van der Waals surface area contributed by atoms with Gasteiger partial charge >= 0.3 is 0 Å². The van der Waals surface area contributed by atoms with Crippen molar-refractivity contribution in [1.29, 1.82) is 0 Å². The van der Waals surface area contributed by atoms with E-state index in [1.54, 1.807) is 6.33 Å². The van der Waals surface area contributed by atoms with E-state index in [1.807, 2.05) is 18.2 Å². The fourth-order valence-corrected chi connectivity index (χ4v) is 2.74. The van der Waals surface area contributed by atoms with E-state index in [2.05, 4.69) is 38.9 Å². The van der Waals surface area contributed by atoms with Gasteiger partial charge in [-0.05, 0) is 38.1 Å². The average Bonchev–Trinajstić information content (AvgIpc) is 2.55. The van der Waals surface area contributed by atoms with E-state index in [-0.39, 0.29) is 5.82 Å². The maximum Gasteiger partial charge on any atom is 0.134 e. The normalized spacial score (nSPS) is 15.1. The monoisotopic (exact) mass is 315 g/mol. The average molecular weight is 315 g/mol. The number of piperazine rings is 1. The largest absolute Gasteiger partial charge is 0.368 e. The van der Waals surface area contributed by atoms with Gasteiger partial charge < -0.3 is 15.1 Å². The molecule has 1 aliphatic heterocycles. The Hall–Kier alpha value is -2.37. The van der Waals surface area contributed by atoms with Gasteiger partial charge in [0.15, 0.2) is 0 Å². The highest BCUT2D eigenvalue weighted by Crippen LogP contribution is 2.20. The van der Waals surface area contributed by atoms with Crippen LogP contribution in [-0.2, 0) is 0 Å². The first-order chi connectivity index (χ1) is 11.1. The van der Waals surface area contributed by atoms with Crippen LogP contribution in [0, 0.1) is 5.82 Å².